The molecular weight excluding hydrogens is 413 g/mol. The van der Waals surface area contributed by atoms with E-state index in [4.69, 9.17) is 9.26 Å². The van der Waals surface area contributed by atoms with Gasteiger partial charge in [-0.05, 0) is 42.7 Å². The molecule has 0 bridgehead atoms. The molecule has 3 aromatic rings. The van der Waals surface area contributed by atoms with Gasteiger partial charge in [0.25, 0.3) is 11.8 Å². The molecule has 1 aromatic heterocycles. The van der Waals surface area contributed by atoms with Crippen LogP contribution in [-0.2, 0) is 6.54 Å². The maximum absolute atomic E-state index is 13.9. The number of nitrogens with zero attached hydrogens (tertiary/aromatic N) is 2. The second-order valence-electron chi connectivity index (χ2n) is 7.70. The molecule has 0 aliphatic carbocycles. The Kier molecular flexibility index (Phi) is 6.49. The third-order valence-electron chi connectivity index (χ3n) is 5.64. The maximum Gasteiger partial charge on any atom is 0.290 e. The van der Waals surface area contributed by atoms with Gasteiger partial charge in [-0.3, -0.25) is 9.59 Å². The lowest BCUT2D eigenvalue weighted by atomic mass is 9.93. The Bertz CT molecular complexity index is 1110. The van der Waals surface area contributed by atoms with Crippen molar-refractivity contribution in [2.24, 2.45) is 0 Å². The van der Waals surface area contributed by atoms with Gasteiger partial charge in [0.05, 0.1) is 18.4 Å². The van der Waals surface area contributed by atoms with E-state index in [0.29, 0.717) is 38.2 Å². The first-order valence-electron chi connectivity index (χ1n) is 10.5. The summed E-state index contributed by atoms with van der Waals surface area (Å²) < 4.78 is 24.4. The van der Waals surface area contributed by atoms with Gasteiger partial charge in [-0.1, -0.05) is 29.4 Å². The third kappa shape index (κ3) is 4.80. The highest BCUT2D eigenvalue weighted by Gasteiger charge is 2.28. The van der Waals surface area contributed by atoms with Crippen molar-refractivity contribution in [3.8, 4) is 5.75 Å². The topological polar surface area (TPSA) is 84.7 Å². The van der Waals surface area contributed by atoms with Gasteiger partial charge in [-0.25, -0.2) is 4.39 Å². The molecule has 4 rings (SSSR count). The van der Waals surface area contributed by atoms with Crippen LogP contribution in [0.4, 0.5) is 4.39 Å². The largest absolute Gasteiger partial charge is 0.497 e. The summed E-state index contributed by atoms with van der Waals surface area (Å²) in [5.74, 6) is -0.228. The summed E-state index contributed by atoms with van der Waals surface area (Å²) >= 11 is 0. The summed E-state index contributed by atoms with van der Waals surface area (Å²) in [6.07, 6.45) is 1.33. The average Bonchev–Trinajstić information content (AvgIpc) is 3.33. The monoisotopic (exact) mass is 437 g/mol. The van der Waals surface area contributed by atoms with Crippen LogP contribution in [0.2, 0.25) is 0 Å². The smallest absolute Gasteiger partial charge is 0.290 e. The van der Waals surface area contributed by atoms with Crippen molar-refractivity contribution in [3.63, 3.8) is 0 Å². The van der Waals surface area contributed by atoms with E-state index in [1.807, 2.05) is 24.3 Å². The Morgan fingerprint density at radius 2 is 1.94 bits per heavy atom. The minimum Gasteiger partial charge on any atom is -0.497 e. The van der Waals surface area contributed by atoms with Gasteiger partial charge in [0.2, 0.25) is 5.76 Å². The number of methoxy groups -OCH3 is 1. The molecule has 1 N–H and O–H groups in total. The number of nitrogens with one attached hydrogen (secondary N) is 1. The second kappa shape index (κ2) is 9.64. The van der Waals surface area contributed by atoms with Crippen molar-refractivity contribution >= 4 is 11.8 Å². The molecule has 2 heterocycles. The quantitative estimate of drug-likeness (QED) is 0.635. The summed E-state index contributed by atoms with van der Waals surface area (Å²) in [5, 5.41) is 6.88. The Morgan fingerprint density at radius 1 is 1.16 bits per heavy atom. The van der Waals surface area contributed by atoms with Crippen molar-refractivity contribution in [2.75, 3.05) is 20.2 Å². The van der Waals surface area contributed by atoms with Crippen LogP contribution in [0.3, 0.4) is 0 Å². The van der Waals surface area contributed by atoms with E-state index in [1.54, 1.807) is 30.2 Å². The molecule has 8 heteroatoms. The van der Waals surface area contributed by atoms with Crippen molar-refractivity contribution in [1.29, 1.82) is 0 Å². The summed E-state index contributed by atoms with van der Waals surface area (Å²) in [4.78, 5) is 26.7. The van der Waals surface area contributed by atoms with Gasteiger partial charge in [0.15, 0.2) is 0 Å². The highest BCUT2D eigenvalue weighted by Crippen LogP contribution is 2.28. The van der Waals surface area contributed by atoms with E-state index < -0.39 is 5.82 Å². The van der Waals surface area contributed by atoms with Crippen LogP contribution in [-0.4, -0.2) is 42.1 Å². The van der Waals surface area contributed by atoms with Crippen LogP contribution >= 0.6 is 0 Å². The van der Waals surface area contributed by atoms with E-state index in [1.165, 1.54) is 12.1 Å². The molecule has 1 aliphatic heterocycles. The van der Waals surface area contributed by atoms with Gasteiger partial charge < -0.3 is 19.5 Å². The predicted octanol–water partition coefficient (Wildman–Crippen LogP) is 3.77. The number of piperidine rings is 1. The summed E-state index contributed by atoms with van der Waals surface area (Å²) in [7, 11) is 1.59. The molecule has 2 aromatic carbocycles. The molecule has 1 fully saturated rings. The van der Waals surface area contributed by atoms with Crippen LogP contribution in [0.25, 0.3) is 0 Å². The molecule has 0 unspecified atom stereocenters. The van der Waals surface area contributed by atoms with Crippen LogP contribution in [0, 0.1) is 5.82 Å². The number of hydrogen-bond donors (Lipinski definition) is 1. The number of halogens is 1. The Labute approximate surface area is 185 Å². The zero-order valence-electron chi connectivity index (χ0n) is 17.7. The third-order valence-corrected chi connectivity index (χ3v) is 5.64. The Hall–Kier alpha value is -3.68. The lowest BCUT2D eigenvalue weighted by molar-refractivity contribution is 0.0706. The number of amides is 2. The first-order valence-corrected chi connectivity index (χ1v) is 10.5. The predicted molar refractivity (Wildman–Crippen MR) is 115 cm³/mol. The average molecular weight is 437 g/mol. The van der Waals surface area contributed by atoms with E-state index in [0.717, 1.165) is 11.3 Å². The standard InChI is InChI=1S/C24H24FN3O4/c1-31-18-6-4-5-16(13-18)15-26-23(29)22-14-21(27-32-22)17-9-11-28(12-10-17)24(30)19-7-2-3-8-20(19)25/h2-8,13-14,17H,9-12,15H2,1H3,(H,26,29). The maximum atomic E-state index is 13.9. The number of carbonyl (C=O) groups is 2. The van der Waals surface area contributed by atoms with Crippen molar-refractivity contribution in [3.05, 3.63) is 83.0 Å². The van der Waals surface area contributed by atoms with Crippen molar-refractivity contribution < 1.29 is 23.2 Å². The molecule has 1 aliphatic rings. The second-order valence-corrected chi connectivity index (χ2v) is 7.70. The number of ether oxygens (including phenoxy) is 1. The van der Waals surface area contributed by atoms with Crippen LogP contribution in [0.15, 0.2) is 59.1 Å². The van der Waals surface area contributed by atoms with E-state index >= 15 is 0 Å². The van der Waals surface area contributed by atoms with Crippen LogP contribution < -0.4 is 10.1 Å². The van der Waals surface area contributed by atoms with E-state index in [-0.39, 0.29) is 29.1 Å². The zero-order valence-corrected chi connectivity index (χ0v) is 17.7. The molecule has 2 amide bonds. The number of hydrogen-bond acceptors (Lipinski definition) is 5. The summed E-state index contributed by atoms with van der Waals surface area (Å²) in [5.41, 5.74) is 1.68. The van der Waals surface area contributed by atoms with Crippen LogP contribution in [0.5, 0.6) is 5.75 Å². The fourth-order valence-corrected chi connectivity index (χ4v) is 3.82. The Morgan fingerprint density at radius 3 is 2.69 bits per heavy atom. The lowest BCUT2D eigenvalue weighted by Gasteiger charge is -2.31. The molecule has 32 heavy (non-hydrogen) atoms. The number of rotatable bonds is 6. The highest BCUT2D eigenvalue weighted by molar-refractivity contribution is 5.94. The van der Waals surface area contributed by atoms with Crippen molar-refractivity contribution in [1.82, 2.24) is 15.4 Å². The molecule has 0 radical (unpaired) electrons. The van der Waals surface area contributed by atoms with Crippen molar-refractivity contribution in [2.45, 2.75) is 25.3 Å². The molecular formula is C24H24FN3O4. The molecule has 0 atom stereocenters. The van der Waals surface area contributed by atoms with Gasteiger partial charge in [-0.2, -0.15) is 0 Å². The molecule has 0 saturated carbocycles. The lowest BCUT2D eigenvalue weighted by Crippen LogP contribution is -2.38. The first-order chi connectivity index (χ1) is 15.5. The number of benzene rings is 2. The number of carbonyl (C=O) groups excluding carboxylic acids is 2. The minimum absolute atomic E-state index is 0.0726. The van der Waals surface area contributed by atoms with E-state index in [9.17, 15) is 14.0 Å². The summed E-state index contributed by atoms with van der Waals surface area (Å²) in [6.45, 7) is 1.31. The van der Waals surface area contributed by atoms with Gasteiger partial charge in [0, 0.05) is 31.6 Å². The van der Waals surface area contributed by atoms with Gasteiger partial charge in [0.1, 0.15) is 11.6 Å². The zero-order chi connectivity index (χ0) is 22.5. The molecule has 7 nitrogen and oxygen atoms in total. The molecule has 166 valence electrons. The number of likely N-dealkylation sites (tertiary alicyclic amines) is 1. The van der Waals surface area contributed by atoms with Gasteiger partial charge >= 0.3 is 0 Å². The van der Waals surface area contributed by atoms with Crippen LogP contribution in [0.1, 0.15) is 50.9 Å². The number of aromatic nitrogens is 1. The summed E-state index contributed by atoms with van der Waals surface area (Å²) in [6, 6.07) is 15.1. The highest BCUT2D eigenvalue weighted by atomic mass is 19.1. The minimum atomic E-state index is -0.513. The fraction of sp³-hybridized carbons (Fsp3) is 0.292. The molecule has 0 spiro atoms. The van der Waals surface area contributed by atoms with E-state index in [2.05, 4.69) is 10.5 Å². The normalized spacial score (nSPS) is 14.2. The van der Waals surface area contributed by atoms with Gasteiger partial charge in [-0.15, -0.1) is 0 Å². The Balaban J connectivity index is 1.31. The SMILES string of the molecule is COc1cccc(CNC(=O)c2cc(C3CCN(C(=O)c4ccccc4F)CC3)no2)c1. The fourth-order valence-electron chi connectivity index (χ4n) is 3.82. The first kappa shape index (κ1) is 21.5. The molecule has 1 saturated heterocycles.